The van der Waals surface area contributed by atoms with Gasteiger partial charge in [-0.05, 0) is 79.4 Å². The highest BCUT2D eigenvalue weighted by Crippen LogP contribution is 2.60. The molecule has 0 atom stereocenters. The van der Waals surface area contributed by atoms with E-state index in [0.29, 0.717) is 5.41 Å². The molecule has 22 heavy (non-hydrogen) atoms. The van der Waals surface area contributed by atoms with Crippen LogP contribution < -0.4 is 16.0 Å². The van der Waals surface area contributed by atoms with Crippen molar-refractivity contribution in [1.29, 1.82) is 0 Å². The van der Waals surface area contributed by atoms with Crippen molar-refractivity contribution in [1.82, 2.24) is 5.43 Å². The van der Waals surface area contributed by atoms with Crippen LogP contribution in [-0.4, -0.2) is 12.5 Å². The van der Waals surface area contributed by atoms with E-state index in [4.69, 9.17) is 10.6 Å². The molecule has 4 bridgehead atoms. The van der Waals surface area contributed by atoms with Crippen LogP contribution in [0.5, 0.6) is 5.75 Å². The minimum atomic E-state index is -0.315. The molecule has 3 N–H and O–H groups in total. The lowest BCUT2D eigenvalue weighted by molar-refractivity contribution is -0.123. The molecule has 4 fully saturated rings. The molecule has 1 amide bonds. The second-order valence-corrected chi connectivity index (χ2v) is 7.58. The normalized spacial score (nSPS) is 35.4. The van der Waals surface area contributed by atoms with Gasteiger partial charge in [0.05, 0.1) is 0 Å². The molecule has 4 heteroatoms. The van der Waals surface area contributed by atoms with Crippen LogP contribution >= 0.6 is 0 Å². The number of hydrogen-bond donors (Lipinski definition) is 2. The van der Waals surface area contributed by atoms with Gasteiger partial charge in [0.15, 0.2) is 6.61 Å². The average Bonchev–Trinajstić information content (AvgIpc) is 2.51. The van der Waals surface area contributed by atoms with E-state index in [9.17, 15) is 4.79 Å². The van der Waals surface area contributed by atoms with Gasteiger partial charge in [0, 0.05) is 0 Å². The Morgan fingerprint density at radius 2 is 1.64 bits per heavy atom. The zero-order chi connectivity index (χ0) is 15.2. The first kappa shape index (κ1) is 14.1. The predicted molar refractivity (Wildman–Crippen MR) is 84.1 cm³/mol. The predicted octanol–water partition coefficient (Wildman–Crippen LogP) is 2.52. The monoisotopic (exact) mass is 300 g/mol. The van der Waals surface area contributed by atoms with Crippen LogP contribution in [0, 0.1) is 17.8 Å². The largest absolute Gasteiger partial charge is 0.484 e. The number of nitrogens with two attached hydrogens (primary N) is 1. The van der Waals surface area contributed by atoms with Gasteiger partial charge in [-0.15, -0.1) is 0 Å². The fourth-order valence-corrected chi connectivity index (χ4v) is 5.56. The molecule has 1 aromatic rings. The summed E-state index contributed by atoms with van der Waals surface area (Å²) in [7, 11) is 0. The summed E-state index contributed by atoms with van der Waals surface area (Å²) in [4.78, 5) is 11.1. The summed E-state index contributed by atoms with van der Waals surface area (Å²) in [5.74, 6) is 8.33. The van der Waals surface area contributed by atoms with E-state index in [1.807, 2.05) is 12.1 Å². The van der Waals surface area contributed by atoms with Gasteiger partial charge in [-0.3, -0.25) is 10.2 Å². The third-order valence-electron chi connectivity index (χ3n) is 6.04. The molecule has 4 nitrogen and oxygen atoms in total. The molecular formula is C18H24N2O2. The number of benzene rings is 1. The van der Waals surface area contributed by atoms with Crippen molar-refractivity contribution in [2.75, 3.05) is 6.61 Å². The minimum Gasteiger partial charge on any atom is -0.484 e. The van der Waals surface area contributed by atoms with Gasteiger partial charge < -0.3 is 4.74 Å². The van der Waals surface area contributed by atoms with Crippen molar-refractivity contribution in [3.05, 3.63) is 29.8 Å². The summed E-state index contributed by atoms with van der Waals surface area (Å²) >= 11 is 0. The Bertz CT molecular complexity index is 532. The zero-order valence-electron chi connectivity index (χ0n) is 12.9. The number of hydrogen-bond acceptors (Lipinski definition) is 3. The molecule has 0 aromatic heterocycles. The first-order valence-electron chi connectivity index (χ1n) is 8.40. The van der Waals surface area contributed by atoms with Crippen molar-refractivity contribution in [2.24, 2.45) is 23.6 Å². The molecule has 4 saturated carbocycles. The van der Waals surface area contributed by atoms with Gasteiger partial charge in [0.1, 0.15) is 5.75 Å². The molecular weight excluding hydrogens is 276 g/mol. The number of ether oxygens (including phenoxy) is 1. The highest BCUT2D eigenvalue weighted by Gasteiger charge is 2.51. The van der Waals surface area contributed by atoms with Crippen LogP contribution in [0.4, 0.5) is 0 Å². The maximum absolute atomic E-state index is 11.1. The summed E-state index contributed by atoms with van der Waals surface area (Å²) < 4.78 is 5.44. The number of amides is 1. The fraction of sp³-hybridized carbons (Fsp3) is 0.611. The molecule has 1 aromatic carbocycles. The third kappa shape index (κ3) is 2.39. The number of carbonyl (C=O) groups is 1. The highest BCUT2D eigenvalue weighted by molar-refractivity contribution is 5.76. The lowest BCUT2D eigenvalue weighted by Gasteiger charge is -2.57. The second-order valence-electron chi connectivity index (χ2n) is 7.58. The molecule has 0 aliphatic heterocycles. The van der Waals surface area contributed by atoms with Crippen molar-refractivity contribution >= 4 is 5.91 Å². The molecule has 0 spiro atoms. The summed E-state index contributed by atoms with van der Waals surface area (Å²) in [6.45, 7) is -0.0345. The Hall–Kier alpha value is -1.55. The number of rotatable bonds is 4. The van der Waals surface area contributed by atoms with Gasteiger partial charge in [0.2, 0.25) is 0 Å². The Balaban J connectivity index is 1.50. The summed E-state index contributed by atoms with van der Waals surface area (Å²) in [6.07, 6.45) is 8.51. The van der Waals surface area contributed by atoms with E-state index in [1.165, 1.54) is 44.1 Å². The number of carbonyl (C=O) groups excluding carboxylic acids is 1. The van der Waals surface area contributed by atoms with Gasteiger partial charge in [0.25, 0.3) is 5.91 Å². The lowest BCUT2D eigenvalue weighted by atomic mass is 9.48. The van der Waals surface area contributed by atoms with Crippen LogP contribution in [0.3, 0.4) is 0 Å². The van der Waals surface area contributed by atoms with Crippen molar-refractivity contribution in [2.45, 2.75) is 43.9 Å². The van der Waals surface area contributed by atoms with Gasteiger partial charge in [-0.25, -0.2) is 5.84 Å². The van der Waals surface area contributed by atoms with Crippen LogP contribution in [0.2, 0.25) is 0 Å². The second kappa shape index (κ2) is 5.27. The SMILES string of the molecule is NNC(=O)COc1ccc(C23CC4CC(CC(C4)C2)C3)cc1. The summed E-state index contributed by atoms with van der Waals surface area (Å²) in [6, 6.07) is 8.42. The molecule has 4 aliphatic carbocycles. The van der Waals surface area contributed by atoms with E-state index in [0.717, 1.165) is 23.5 Å². The Morgan fingerprint density at radius 1 is 1.09 bits per heavy atom. The minimum absolute atomic E-state index is 0.0345. The Morgan fingerprint density at radius 3 is 2.14 bits per heavy atom. The molecule has 0 radical (unpaired) electrons. The van der Waals surface area contributed by atoms with Crippen LogP contribution in [0.25, 0.3) is 0 Å². The Kier molecular flexibility index (Phi) is 3.37. The highest BCUT2D eigenvalue weighted by atomic mass is 16.5. The standard InChI is InChI=1S/C18H24N2O2/c19-20-17(21)11-22-16-3-1-15(2-4-16)18-8-12-5-13(9-18)7-14(6-12)10-18/h1-4,12-14H,5-11,19H2,(H,20,21). The fourth-order valence-electron chi connectivity index (χ4n) is 5.56. The molecule has 118 valence electrons. The van der Waals surface area contributed by atoms with Crippen molar-refractivity contribution in [3.8, 4) is 5.75 Å². The van der Waals surface area contributed by atoms with E-state index in [2.05, 4.69) is 17.6 Å². The molecule has 0 unspecified atom stereocenters. The van der Waals surface area contributed by atoms with Gasteiger partial charge in [-0.2, -0.15) is 0 Å². The lowest BCUT2D eigenvalue weighted by Crippen LogP contribution is -2.48. The van der Waals surface area contributed by atoms with Crippen LogP contribution in [-0.2, 0) is 10.2 Å². The smallest absolute Gasteiger partial charge is 0.271 e. The van der Waals surface area contributed by atoms with E-state index >= 15 is 0 Å². The maximum atomic E-state index is 11.1. The van der Waals surface area contributed by atoms with Gasteiger partial charge in [-0.1, -0.05) is 12.1 Å². The summed E-state index contributed by atoms with van der Waals surface area (Å²) in [5, 5.41) is 0. The molecule has 4 aliphatic rings. The van der Waals surface area contributed by atoms with Crippen molar-refractivity contribution < 1.29 is 9.53 Å². The maximum Gasteiger partial charge on any atom is 0.271 e. The van der Waals surface area contributed by atoms with Crippen molar-refractivity contribution in [3.63, 3.8) is 0 Å². The van der Waals surface area contributed by atoms with Crippen LogP contribution in [0.15, 0.2) is 24.3 Å². The quantitative estimate of drug-likeness (QED) is 0.510. The third-order valence-corrected chi connectivity index (χ3v) is 6.04. The first-order valence-corrected chi connectivity index (χ1v) is 8.40. The van der Waals surface area contributed by atoms with E-state index in [1.54, 1.807) is 0 Å². The topological polar surface area (TPSA) is 64.3 Å². The molecule has 0 heterocycles. The zero-order valence-corrected chi connectivity index (χ0v) is 12.9. The first-order chi connectivity index (χ1) is 10.7. The number of hydrazine groups is 1. The molecule has 0 saturated heterocycles. The molecule has 5 rings (SSSR count). The Labute approximate surface area is 131 Å². The van der Waals surface area contributed by atoms with Gasteiger partial charge >= 0.3 is 0 Å². The van der Waals surface area contributed by atoms with E-state index < -0.39 is 0 Å². The number of nitrogens with one attached hydrogen (secondary N) is 1. The summed E-state index contributed by atoms with van der Waals surface area (Å²) in [5.41, 5.74) is 3.96. The average molecular weight is 300 g/mol. The van der Waals surface area contributed by atoms with Crippen LogP contribution in [0.1, 0.15) is 44.1 Å². The van der Waals surface area contributed by atoms with E-state index in [-0.39, 0.29) is 12.5 Å².